The number of ether oxygens (including phenoxy) is 1. The lowest BCUT2D eigenvalue weighted by Crippen LogP contribution is -2.11. The van der Waals surface area contributed by atoms with Gasteiger partial charge in [-0.15, -0.1) is 5.10 Å². The number of hydrogen-bond donors (Lipinski definition) is 1. The van der Waals surface area contributed by atoms with Gasteiger partial charge in [0.25, 0.3) is 5.56 Å². The van der Waals surface area contributed by atoms with Crippen molar-refractivity contribution in [2.45, 2.75) is 6.92 Å². The molecule has 0 aliphatic carbocycles. The molecular formula is C23H18N6O2. The summed E-state index contributed by atoms with van der Waals surface area (Å²) in [5.41, 5.74) is 3.13. The minimum atomic E-state index is -0.391. The average Bonchev–Trinajstić information content (AvgIpc) is 3.15. The van der Waals surface area contributed by atoms with E-state index in [1.54, 1.807) is 29.8 Å². The first-order valence-corrected chi connectivity index (χ1v) is 9.67. The second-order valence-corrected chi connectivity index (χ2v) is 6.98. The minimum absolute atomic E-state index is 0.296. The Morgan fingerprint density at radius 1 is 1.00 bits per heavy atom. The van der Waals surface area contributed by atoms with E-state index in [0.717, 1.165) is 22.0 Å². The Hall–Kier alpha value is -4.33. The van der Waals surface area contributed by atoms with Crippen LogP contribution in [-0.2, 0) is 0 Å². The molecule has 5 aromatic rings. The van der Waals surface area contributed by atoms with E-state index in [2.05, 4.69) is 15.4 Å². The summed E-state index contributed by atoms with van der Waals surface area (Å²) in [6.07, 6.45) is 1.46. The van der Waals surface area contributed by atoms with Crippen molar-refractivity contribution in [1.29, 1.82) is 0 Å². The highest BCUT2D eigenvalue weighted by Gasteiger charge is 2.16. The van der Waals surface area contributed by atoms with Crippen LogP contribution in [0.4, 0.5) is 11.6 Å². The second-order valence-electron chi connectivity index (χ2n) is 6.98. The van der Waals surface area contributed by atoms with Gasteiger partial charge in [-0.1, -0.05) is 30.3 Å². The van der Waals surface area contributed by atoms with Crippen molar-refractivity contribution in [3.63, 3.8) is 0 Å². The number of nitrogens with one attached hydrogen (secondary N) is 1. The summed E-state index contributed by atoms with van der Waals surface area (Å²) in [5, 5.41) is 8.64. The van der Waals surface area contributed by atoms with Crippen LogP contribution in [0.15, 0.2) is 71.7 Å². The van der Waals surface area contributed by atoms with Crippen LogP contribution in [0.1, 0.15) is 5.56 Å². The first kappa shape index (κ1) is 18.7. The summed E-state index contributed by atoms with van der Waals surface area (Å²) in [7, 11) is 1.62. The van der Waals surface area contributed by atoms with Gasteiger partial charge in [0.1, 0.15) is 11.4 Å². The number of aromatic nitrogens is 5. The minimum Gasteiger partial charge on any atom is -0.497 e. The van der Waals surface area contributed by atoms with Crippen molar-refractivity contribution in [3.05, 3.63) is 82.8 Å². The Morgan fingerprint density at radius 2 is 1.87 bits per heavy atom. The monoisotopic (exact) mass is 410 g/mol. The van der Waals surface area contributed by atoms with Crippen molar-refractivity contribution in [1.82, 2.24) is 24.6 Å². The molecule has 5 rings (SSSR count). The van der Waals surface area contributed by atoms with E-state index in [1.807, 2.05) is 49.4 Å². The number of rotatable bonds is 4. The molecule has 3 heterocycles. The van der Waals surface area contributed by atoms with E-state index < -0.39 is 5.56 Å². The molecule has 2 aromatic carbocycles. The fourth-order valence-corrected chi connectivity index (χ4v) is 3.41. The van der Waals surface area contributed by atoms with E-state index in [9.17, 15) is 4.79 Å². The molecular weight excluding hydrogens is 392 g/mol. The largest absolute Gasteiger partial charge is 0.497 e. The van der Waals surface area contributed by atoms with Crippen LogP contribution in [0.2, 0.25) is 0 Å². The molecule has 3 aromatic heterocycles. The van der Waals surface area contributed by atoms with Gasteiger partial charge in [-0.2, -0.15) is 4.52 Å². The zero-order valence-electron chi connectivity index (χ0n) is 16.9. The van der Waals surface area contributed by atoms with Gasteiger partial charge in [-0.25, -0.2) is 15.0 Å². The van der Waals surface area contributed by atoms with Crippen molar-refractivity contribution in [3.8, 4) is 17.1 Å². The highest BCUT2D eigenvalue weighted by molar-refractivity contribution is 5.95. The highest BCUT2D eigenvalue weighted by Crippen LogP contribution is 2.28. The van der Waals surface area contributed by atoms with Gasteiger partial charge in [-0.05, 0) is 42.8 Å². The molecule has 0 aliphatic heterocycles. The summed E-state index contributed by atoms with van der Waals surface area (Å²) in [6, 6.07) is 18.5. The molecule has 0 atom stereocenters. The summed E-state index contributed by atoms with van der Waals surface area (Å²) in [5.74, 6) is 1.62. The zero-order valence-corrected chi connectivity index (χ0v) is 16.9. The maximum atomic E-state index is 12.3. The molecule has 0 unspecified atom stereocenters. The van der Waals surface area contributed by atoms with Crippen LogP contribution < -0.4 is 15.6 Å². The summed E-state index contributed by atoms with van der Waals surface area (Å²) in [6.45, 7) is 1.98. The van der Waals surface area contributed by atoms with Gasteiger partial charge in [0, 0.05) is 17.1 Å². The lowest BCUT2D eigenvalue weighted by molar-refractivity contribution is 0.415. The number of methoxy groups -OCH3 is 1. The third-order valence-corrected chi connectivity index (χ3v) is 4.96. The fraction of sp³-hybridized carbons (Fsp3) is 0.0870. The Labute approximate surface area is 177 Å². The predicted molar refractivity (Wildman–Crippen MR) is 119 cm³/mol. The van der Waals surface area contributed by atoms with E-state index in [0.29, 0.717) is 28.9 Å². The van der Waals surface area contributed by atoms with Crippen LogP contribution in [0.25, 0.3) is 27.9 Å². The summed E-state index contributed by atoms with van der Waals surface area (Å²) >= 11 is 0. The lowest BCUT2D eigenvalue weighted by atomic mass is 10.1. The van der Waals surface area contributed by atoms with Crippen LogP contribution in [0.5, 0.6) is 5.75 Å². The van der Waals surface area contributed by atoms with Crippen molar-refractivity contribution < 1.29 is 4.74 Å². The van der Waals surface area contributed by atoms with Crippen molar-refractivity contribution in [2.75, 3.05) is 12.4 Å². The SMILES string of the molecule is COc1cccc(-c2nc3c4cccc(C)c4nc(Nc4ccccnc4=O)n3n2)c1. The third kappa shape index (κ3) is 3.33. The number of hydrogen-bond acceptors (Lipinski definition) is 7. The fourth-order valence-electron chi connectivity index (χ4n) is 3.41. The van der Waals surface area contributed by atoms with Gasteiger partial charge in [0.2, 0.25) is 5.95 Å². The van der Waals surface area contributed by atoms with Gasteiger partial charge >= 0.3 is 0 Å². The molecule has 152 valence electrons. The predicted octanol–water partition coefficient (Wildman–Crippen LogP) is 3.76. The van der Waals surface area contributed by atoms with Crippen molar-refractivity contribution in [2.24, 2.45) is 0 Å². The highest BCUT2D eigenvalue weighted by atomic mass is 16.5. The van der Waals surface area contributed by atoms with Crippen LogP contribution in [-0.4, -0.2) is 31.7 Å². The first-order chi connectivity index (χ1) is 15.1. The first-order valence-electron chi connectivity index (χ1n) is 9.67. The van der Waals surface area contributed by atoms with E-state index in [1.165, 1.54) is 6.20 Å². The normalized spacial score (nSPS) is 11.0. The third-order valence-electron chi connectivity index (χ3n) is 4.96. The molecule has 8 heteroatoms. The maximum absolute atomic E-state index is 12.3. The van der Waals surface area contributed by atoms with Gasteiger partial charge in [0.15, 0.2) is 11.5 Å². The van der Waals surface area contributed by atoms with Gasteiger partial charge in [-0.3, -0.25) is 4.79 Å². The molecule has 0 spiro atoms. The van der Waals surface area contributed by atoms with E-state index in [4.69, 9.17) is 14.7 Å². The number of fused-ring (bicyclic) bond motifs is 3. The number of benzene rings is 2. The molecule has 8 nitrogen and oxygen atoms in total. The van der Waals surface area contributed by atoms with Crippen molar-refractivity contribution >= 4 is 28.2 Å². The Morgan fingerprint density at radius 3 is 2.74 bits per heavy atom. The average molecular weight is 410 g/mol. The molecule has 0 bridgehead atoms. The topological polar surface area (TPSA) is 94.3 Å². The number of aryl methyl sites for hydroxylation is 1. The van der Waals surface area contributed by atoms with E-state index in [-0.39, 0.29) is 0 Å². The van der Waals surface area contributed by atoms with Crippen LogP contribution >= 0.6 is 0 Å². The quantitative estimate of drug-likeness (QED) is 0.482. The number of nitrogens with zero attached hydrogens (tertiary/aromatic N) is 5. The summed E-state index contributed by atoms with van der Waals surface area (Å²) < 4.78 is 6.95. The summed E-state index contributed by atoms with van der Waals surface area (Å²) in [4.78, 5) is 25.7. The molecule has 0 saturated carbocycles. The number of para-hydroxylation sites is 1. The maximum Gasteiger partial charge on any atom is 0.293 e. The zero-order chi connectivity index (χ0) is 21.4. The smallest absolute Gasteiger partial charge is 0.293 e. The second kappa shape index (κ2) is 7.49. The molecule has 1 N–H and O–H groups in total. The molecule has 0 fully saturated rings. The van der Waals surface area contributed by atoms with Crippen LogP contribution in [0, 0.1) is 6.92 Å². The lowest BCUT2D eigenvalue weighted by Gasteiger charge is -2.09. The Kier molecular flexibility index (Phi) is 4.51. The van der Waals surface area contributed by atoms with Gasteiger partial charge in [0.05, 0.1) is 12.6 Å². The Balaban J connectivity index is 1.77. The number of anilines is 2. The molecule has 0 radical (unpaired) electrons. The molecule has 0 aliphatic rings. The molecule has 0 amide bonds. The molecule has 0 saturated heterocycles. The van der Waals surface area contributed by atoms with E-state index >= 15 is 0 Å². The molecule has 31 heavy (non-hydrogen) atoms. The van der Waals surface area contributed by atoms with Crippen LogP contribution in [0.3, 0.4) is 0 Å². The standard InChI is InChI=1S/C23H18N6O2/c1-14-7-5-10-17-19(14)26-23(25-18-11-3-4-12-24-22(18)30)29-21(17)27-20(28-29)15-8-6-9-16(13-15)31-2/h3-13H,1-2H3,(H,24,25,26,30). The van der Waals surface area contributed by atoms with Gasteiger partial charge < -0.3 is 10.1 Å². The Bertz CT molecular complexity index is 1500.